The van der Waals surface area contributed by atoms with Crippen LogP contribution in [0.1, 0.15) is 49.4 Å². The highest BCUT2D eigenvalue weighted by atomic mass is 16.1. The molecular formula is C20H27N5O. The molecule has 1 aliphatic heterocycles. The molecular weight excluding hydrogens is 326 g/mol. The molecule has 1 saturated heterocycles. The maximum Gasteiger partial charge on any atom is 0.270 e. The zero-order valence-corrected chi connectivity index (χ0v) is 15.7. The minimum atomic E-state index is -0.169. The molecule has 3 rings (SSSR count). The van der Waals surface area contributed by atoms with Gasteiger partial charge >= 0.3 is 0 Å². The molecule has 1 atom stereocenters. The van der Waals surface area contributed by atoms with E-state index >= 15 is 0 Å². The first-order chi connectivity index (χ1) is 12.5. The molecule has 2 N–H and O–H groups in total. The fourth-order valence-electron chi connectivity index (χ4n) is 3.03. The number of rotatable bonds is 6. The van der Waals surface area contributed by atoms with Crippen molar-refractivity contribution < 1.29 is 4.79 Å². The van der Waals surface area contributed by atoms with Crippen molar-refractivity contribution in [3.8, 4) is 0 Å². The van der Waals surface area contributed by atoms with E-state index in [4.69, 9.17) is 0 Å². The number of benzene rings is 1. The minimum absolute atomic E-state index is 0.118. The van der Waals surface area contributed by atoms with Gasteiger partial charge in [-0.05, 0) is 57.4 Å². The Morgan fingerprint density at radius 3 is 2.54 bits per heavy atom. The molecule has 1 amide bonds. The Kier molecular flexibility index (Phi) is 5.71. The van der Waals surface area contributed by atoms with Gasteiger partial charge < -0.3 is 15.5 Å². The summed E-state index contributed by atoms with van der Waals surface area (Å²) in [6.07, 6.45) is 3.41. The van der Waals surface area contributed by atoms with E-state index in [1.165, 1.54) is 18.5 Å². The lowest BCUT2D eigenvalue weighted by atomic mass is 10.2. The second-order valence-corrected chi connectivity index (χ2v) is 6.83. The van der Waals surface area contributed by atoms with Crippen LogP contribution in [0.4, 0.5) is 17.2 Å². The summed E-state index contributed by atoms with van der Waals surface area (Å²) in [5.41, 5.74) is 2.58. The van der Waals surface area contributed by atoms with Crippen molar-refractivity contribution in [2.75, 3.05) is 23.3 Å². The molecule has 0 bridgehead atoms. The van der Waals surface area contributed by atoms with E-state index in [1.54, 1.807) is 13.0 Å². The fraction of sp³-hybridized carbons (Fsp3) is 0.450. The fourth-order valence-corrected chi connectivity index (χ4v) is 3.03. The maximum absolute atomic E-state index is 12.3. The molecule has 0 saturated carbocycles. The molecule has 0 radical (unpaired) electrons. The van der Waals surface area contributed by atoms with E-state index in [-0.39, 0.29) is 11.9 Å². The highest BCUT2D eigenvalue weighted by Gasteiger charge is 2.14. The van der Waals surface area contributed by atoms with Gasteiger partial charge in [0, 0.05) is 36.6 Å². The van der Waals surface area contributed by atoms with E-state index < -0.39 is 0 Å². The van der Waals surface area contributed by atoms with Crippen LogP contribution in [0, 0.1) is 6.92 Å². The van der Waals surface area contributed by atoms with Crippen LogP contribution in [-0.4, -0.2) is 35.0 Å². The number of nitrogens with zero attached hydrogens (tertiary/aromatic N) is 3. The van der Waals surface area contributed by atoms with Gasteiger partial charge in [0.2, 0.25) is 0 Å². The lowest BCUT2D eigenvalue weighted by Crippen LogP contribution is -2.32. The van der Waals surface area contributed by atoms with Crippen LogP contribution in [-0.2, 0) is 0 Å². The molecule has 26 heavy (non-hydrogen) atoms. The van der Waals surface area contributed by atoms with Gasteiger partial charge in [-0.2, -0.15) is 0 Å². The van der Waals surface area contributed by atoms with Gasteiger partial charge in [-0.25, -0.2) is 9.97 Å². The van der Waals surface area contributed by atoms with E-state index in [2.05, 4.69) is 37.6 Å². The molecule has 1 aromatic carbocycles. The Labute approximate surface area is 155 Å². The summed E-state index contributed by atoms with van der Waals surface area (Å²) < 4.78 is 0. The molecule has 1 aromatic heterocycles. The Morgan fingerprint density at radius 2 is 1.88 bits per heavy atom. The highest BCUT2D eigenvalue weighted by molar-refractivity contribution is 5.93. The second-order valence-electron chi connectivity index (χ2n) is 6.83. The van der Waals surface area contributed by atoms with Crippen molar-refractivity contribution in [2.45, 2.75) is 46.1 Å². The predicted octanol–water partition coefficient (Wildman–Crippen LogP) is 3.66. The number of carbonyl (C=O) groups is 1. The molecule has 1 unspecified atom stereocenters. The molecule has 2 heterocycles. The number of hydrogen-bond acceptors (Lipinski definition) is 5. The van der Waals surface area contributed by atoms with E-state index in [1.807, 2.05) is 26.0 Å². The summed E-state index contributed by atoms with van der Waals surface area (Å²) >= 11 is 0. The van der Waals surface area contributed by atoms with Gasteiger partial charge in [0.15, 0.2) is 0 Å². The van der Waals surface area contributed by atoms with Crippen molar-refractivity contribution >= 4 is 23.1 Å². The molecule has 1 aliphatic rings. The van der Waals surface area contributed by atoms with Crippen LogP contribution in [0.3, 0.4) is 0 Å². The quantitative estimate of drug-likeness (QED) is 0.829. The van der Waals surface area contributed by atoms with E-state index in [9.17, 15) is 4.79 Å². The zero-order valence-electron chi connectivity index (χ0n) is 15.7. The third kappa shape index (κ3) is 4.50. The van der Waals surface area contributed by atoms with Gasteiger partial charge in [0.1, 0.15) is 17.3 Å². The Balaban J connectivity index is 1.72. The average Bonchev–Trinajstić information content (AvgIpc) is 3.16. The van der Waals surface area contributed by atoms with Crippen LogP contribution in [0.2, 0.25) is 0 Å². The lowest BCUT2D eigenvalue weighted by molar-refractivity contribution is 0.0934. The van der Waals surface area contributed by atoms with Crippen LogP contribution < -0.4 is 15.5 Å². The third-order valence-electron chi connectivity index (χ3n) is 4.67. The van der Waals surface area contributed by atoms with Crippen molar-refractivity contribution in [1.29, 1.82) is 0 Å². The lowest BCUT2D eigenvalue weighted by Gasteiger charge is -2.18. The number of anilines is 3. The van der Waals surface area contributed by atoms with E-state index in [0.29, 0.717) is 17.3 Å². The molecule has 6 nitrogen and oxygen atoms in total. The molecule has 0 spiro atoms. The number of amides is 1. The average molecular weight is 353 g/mol. The molecule has 0 aliphatic carbocycles. The number of aromatic nitrogens is 2. The SMILES string of the molecule is CCC(C)NC(=O)c1cc(Nc2ccc(N3CCCC3)cc2)nc(C)n1. The van der Waals surface area contributed by atoms with Gasteiger partial charge in [-0.15, -0.1) is 0 Å². The van der Waals surface area contributed by atoms with Gasteiger partial charge in [-0.1, -0.05) is 6.92 Å². The number of aryl methyl sites for hydroxylation is 1. The highest BCUT2D eigenvalue weighted by Crippen LogP contribution is 2.23. The van der Waals surface area contributed by atoms with Gasteiger partial charge in [0.25, 0.3) is 5.91 Å². The number of hydrogen-bond donors (Lipinski definition) is 2. The smallest absolute Gasteiger partial charge is 0.270 e. The summed E-state index contributed by atoms with van der Waals surface area (Å²) in [6, 6.07) is 10.1. The normalized spacial score (nSPS) is 15.0. The summed E-state index contributed by atoms with van der Waals surface area (Å²) in [5.74, 6) is 1.02. The predicted molar refractivity (Wildman–Crippen MR) is 105 cm³/mol. The molecule has 2 aromatic rings. The topological polar surface area (TPSA) is 70.2 Å². The first kappa shape index (κ1) is 18.2. The molecule has 1 fully saturated rings. The summed E-state index contributed by atoms with van der Waals surface area (Å²) in [5, 5.41) is 6.22. The minimum Gasteiger partial charge on any atom is -0.372 e. The maximum atomic E-state index is 12.3. The van der Waals surface area contributed by atoms with Crippen LogP contribution >= 0.6 is 0 Å². The summed E-state index contributed by atoms with van der Waals surface area (Å²) in [6.45, 7) is 8.07. The standard InChI is InChI=1S/C20H27N5O/c1-4-14(2)21-20(26)18-13-19(23-15(3)22-18)24-16-7-9-17(10-8-16)25-11-5-6-12-25/h7-10,13-14H,4-6,11-12H2,1-3H3,(H,21,26)(H,22,23,24). The van der Waals surface area contributed by atoms with Gasteiger partial charge in [-0.3, -0.25) is 4.79 Å². The largest absolute Gasteiger partial charge is 0.372 e. The number of carbonyl (C=O) groups excluding carboxylic acids is 1. The Hall–Kier alpha value is -2.63. The first-order valence-electron chi connectivity index (χ1n) is 9.33. The van der Waals surface area contributed by atoms with Crippen LogP contribution in [0.5, 0.6) is 0 Å². The summed E-state index contributed by atoms with van der Waals surface area (Å²) in [4.78, 5) is 23.4. The van der Waals surface area contributed by atoms with Crippen molar-refractivity contribution in [3.63, 3.8) is 0 Å². The number of nitrogens with one attached hydrogen (secondary N) is 2. The summed E-state index contributed by atoms with van der Waals surface area (Å²) in [7, 11) is 0. The van der Waals surface area contributed by atoms with Crippen LogP contribution in [0.25, 0.3) is 0 Å². The van der Waals surface area contributed by atoms with E-state index in [0.717, 1.165) is 25.2 Å². The van der Waals surface area contributed by atoms with Crippen molar-refractivity contribution in [3.05, 3.63) is 41.9 Å². The molecule has 138 valence electrons. The van der Waals surface area contributed by atoms with Gasteiger partial charge in [0.05, 0.1) is 0 Å². The second kappa shape index (κ2) is 8.17. The first-order valence-corrected chi connectivity index (χ1v) is 9.33. The Morgan fingerprint density at radius 1 is 1.19 bits per heavy atom. The molecule has 6 heteroatoms. The third-order valence-corrected chi connectivity index (χ3v) is 4.67. The monoisotopic (exact) mass is 353 g/mol. The van der Waals surface area contributed by atoms with Crippen molar-refractivity contribution in [1.82, 2.24) is 15.3 Å². The zero-order chi connectivity index (χ0) is 18.5. The van der Waals surface area contributed by atoms with Crippen LogP contribution in [0.15, 0.2) is 30.3 Å². The Bertz CT molecular complexity index is 753. The van der Waals surface area contributed by atoms with Crippen molar-refractivity contribution in [2.24, 2.45) is 0 Å².